The van der Waals surface area contributed by atoms with E-state index in [1.54, 1.807) is 24.4 Å². The highest BCUT2D eigenvalue weighted by atomic mass is 16.4. The molecule has 1 aromatic carbocycles. The summed E-state index contributed by atoms with van der Waals surface area (Å²) in [4.78, 5) is 30.0. The minimum absolute atomic E-state index is 0.201. The number of piperidine rings is 1. The Bertz CT molecular complexity index is 1030. The van der Waals surface area contributed by atoms with Crippen molar-refractivity contribution in [3.05, 3.63) is 64.1 Å². The fourth-order valence-electron chi connectivity index (χ4n) is 4.04. The van der Waals surface area contributed by atoms with Crippen LogP contribution in [0.4, 0.5) is 11.4 Å². The third-order valence-electron chi connectivity index (χ3n) is 5.72. The van der Waals surface area contributed by atoms with Gasteiger partial charge >= 0.3 is 0 Å². The van der Waals surface area contributed by atoms with Crippen LogP contribution in [0.5, 0.6) is 0 Å². The van der Waals surface area contributed by atoms with E-state index >= 15 is 0 Å². The molecule has 0 spiro atoms. The molecule has 0 atom stereocenters. The number of pyridine rings is 1. The van der Waals surface area contributed by atoms with Gasteiger partial charge in [-0.2, -0.15) is 0 Å². The quantitative estimate of drug-likeness (QED) is 0.528. The Morgan fingerprint density at radius 2 is 1.83 bits per heavy atom. The normalized spacial score (nSPS) is 18.2. The van der Waals surface area contributed by atoms with Gasteiger partial charge in [0.2, 0.25) is 0 Å². The van der Waals surface area contributed by atoms with Crippen molar-refractivity contribution in [2.75, 3.05) is 23.3 Å². The van der Waals surface area contributed by atoms with Crippen molar-refractivity contribution >= 4 is 28.6 Å². The number of H-pyrrole nitrogens is 1. The highest BCUT2D eigenvalue weighted by Crippen LogP contribution is 2.26. The van der Waals surface area contributed by atoms with Gasteiger partial charge in [0.1, 0.15) is 5.69 Å². The molecule has 2 aliphatic rings. The zero-order chi connectivity index (χ0) is 20.9. The number of oxime groups is 1. The van der Waals surface area contributed by atoms with Crippen molar-refractivity contribution in [2.45, 2.75) is 38.5 Å². The van der Waals surface area contributed by atoms with Crippen LogP contribution in [-0.2, 0) is 0 Å². The summed E-state index contributed by atoms with van der Waals surface area (Å²) >= 11 is 0. The second kappa shape index (κ2) is 8.98. The molecule has 0 bridgehead atoms. The summed E-state index contributed by atoms with van der Waals surface area (Å²) in [5.41, 5.74) is 3.85. The molecule has 0 unspecified atom stereocenters. The van der Waals surface area contributed by atoms with Gasteiger partial charge in [-0.25, -0.2) is 0 Å². The first-order valence-corrected chi connectivity index (χ1v) is 10.4. The van der Waals surface area contributed by atoms with Crippen LogP contribution in [0.25, 0.3) is 5.57 Å². The molecule has 156 valence electrons. The van der Waals surface area contributed by atoms with Crippen molar-refractivity contribution in [2.24, 2.45) is 5.16 Å². The highest BCUT2D eigenvalue weighted by molar-refractivity contribution is 6.05. The third-order valence-corrected chi connectivity index (χ3v) is 5.72. The highest BCUT2D eigenvalue weighted by Gasteiger charge is 2.15. The number of hydrogen-bond donors (Lipinski definition) is 3. The molecule has 1 saturated heterocycles. The monoisotopic (exact) mass is 406 g/mol. The van der Waals surface area contributed by atoms with Crippen LogP contribution in [0.2, 0.25) is 0 Å². The Kier molecular flexibility index (Phi) is 5.97. The summed E-state index contributed by atoms with van der Waals surface area (Å²) in [5, 5.41) is 15.0. The fourth-order valence-corrected chi connectivity index (χ4v) is 4.04. The molecule has 30 heavy (non-hydrogen) atoms. The zero-order valence-electron chi connectivity index (χ0n) is 16.9. The number of aromatic amines is 1. The molecule has 1 aliphatic heterocycles. The molecule has 4 rings (SSSR count). The molecule has 1 fully saturated rings. The van der Waals surface area contributed by atoms with Gasteiger partial charge in [0.15, 0.2) is 0 Å². The van der Waals surface area contributed by atoms with Crippen LogP contribution >= 0.6 is 0 Å². The van der Waals surface area contributed by atoms with Crippen LogP contribution in [0.3, 0.4) is 0 Å². The number of amides is 1. The van der Waals surface area contributed by atoms with Gasteiger partial charge in [0, 0.05) is 30.5 Å². The van der Waals surface area contributed by atoms with Crippen molar-refractivity contribution in [3.63, 3.8) is 0 Å². The number of nitrogens with one attached hydrogen (secondary N) is 2. The number of benzene rings is 1. The van der Waals surface area contributed by atoms with Gasteiger partial charge < -0.3 is 20.4 Å². The van der Waals surface area contributed by atoms with Crippen molar-refractivity contribution in [3.8, 4) is 0 Å². The topological polar surface area (TPSA) is 97.8 Å². The van der Waals surface area contributed by atoms with E-state index in [9.17, 15) is 9.59 Å². The standard InChI is InChI=1S/C23H26N4O3/c28-22(16-7-9-20(10-8-16)27-11-2-1-3-12-27)25-21-14-18(15-24-23(21)29)17-5-4-6-19(13-17)26-30/h7-10,13-15,30H,1-6,11-12H2,(H,24,29)(H,25,28)/b26-19-. The number of carbonyl (C=O) groups is 1. The number of carbonyl (C=O) groups excluding carboxylic acids is 1. The van der Waals surface area contributed by atoms with E-state index in [0.29, 0.717) is 11.3 Å². The van der Waals surface area contributed by atoms with Crippen molar-refractivity contribution < 1.29 is 10.0 Å². The number of rotatable bonds is 4. The summed E-state index contributed by atoms with van der Waals surface area (Å²) < 4.78 is 0. The lowest BCUT2D eigenvalue weighted by atomic mass is 9.93. The van der Waals surface area contributed by atoms with Gasteiger partial charge in [-0.05, 0) is 86.1 Å². The van der Waals surface area contributed by atoms with Gasteiger partial charge in [-0.15, -0.1) is 0 Å². The Hall–Kier alpha value is -3.35. The van der Waals surface area contributed by atoms with Crippen molar-refractivity contribution in [1.29, 1.82) is 0 Å². The molecule has 1 aliphatic carbocycles. The lowest BCUT2D eigenvalue weighted by molar-refractivity contribution is 0.102. The van der Waals surface area contributed by atoms with Gasteiger partial charge in [-0.1, -0.05) is 5.16 Å². The van der Waals surface area contributed by atoms with Crippen LogP contribution in [0.15, 0.2) is 52.6 Å². The number of aromatic nitrogens is 1. The maximum Gasteiger partial charge on any atom is 0.271 e. The largest absolute Gasteiger partial charge is 0.411 e. The number of anilines is 2. The Morgan fingerprint density at radius 1 is 1.07 bits per heavy atom. The molecule has 7 nitrogen and oxygen atoms in total. The third kappa shape index (κ3) is 4.45. The van der Waals surface area contributed by atoms with E-state index in [1.807, 2.05) is 18.2 Å². The first-order valence-electron chi connectivity index (χ1n) is 10.4. The molecular formula is C23H26N4O3. The van der Waals surface area contributed by atoms with E-state index < -0.39 is 0 Å². The van der Waals surface area contributed by atoms with E-state index in [2.05, 4.69) is 20.4 Å². The molecule has 2 aromatic rings. The first-order chi connectivity index (χ1) is 14.6. The Labute approximate surface area is 175 Å². The van der Waals surface area contributed by atoms with Crippen LogP contribution in [0, 0.1) is 0 Å². The predicted octanol–water partition coefficient (Wildman–Crippen LogP) is 4.02. The summed E-state index contributed by atoms with van der Waals surface area (Å²) in [5.74, 6) is -0.321. The van der Waals surface area contributed by atoms with Crippen LogP contribution < -0.4 is 15.8 Å². The Balaban J connectivity index is 1.50. The maximum atomic E-state index is 12.7. The molecule has 0 saturated carbocycles. The van der Waals surface area contributed by atoms with Crippen molar-refractivity contribution in [1.82, 2.24) is 4.98 Å². The average molecular weight is 406 g/mol. The van der Waals surface area contributed by atoms with E-state index in [1.165, 1.54) is 19.3 Å². The fraction of sp³-hybridized carbons (Fsp3) is 0.348. The summed E-state index contributed by atoms with van der Waals surface area (Å²) in [6.07, 6.45) is 9.52. The minimum Gasteiger partial charge on any atom is -0.411 e. The van der Waals surface area contributed by atoms with Gasteiger partial charge in [-0.3, -0.25) is 9.59 Å². The lowest BCUT2D eigenvalue weighted by Gasteiger charge is -2.28. The minimum atomic E-state index is -0.357. The zero-order valence-corrected chi connectivity index (χ0v) is 16.9. The second-order valence-electron chi connectivity index (χ2n) is 7.79. The van der Waals surface area contributed by atoms with Crippen LogP contribution in [-0.4, -0.2) is 34.9 Å². The summed E-state index contributed by atoms with van der Waals surface area (Å²) in [7, 11) is 0. The lowest BCUT2D eigenvalue weighted by Crippen LogP contribution is -2.29. The molecule has 0 radical (unpaired) electrons. The molecule has 2 heterocycles. The summed E-state index contributed by atoms with van der Waals surface area (Å²) in [6.45, 7) is 2.10. The van der Waals surface area contributed by atoms with Gasteiger partial charge in [0.05, 0.1) is 5.71 Å². The van der Waals surface area contributed by atoms with Gasteiger partial charge in [0.25, 0.3) is 11.5 Å². The predicted molar refractivity (Wildman–Crippen MR) is 119 cm³/mol. The SMILES string of the molecule is O=C(Nc1cc(C2=C/C(=N\O)CCC2)c[nH]c1=O)c1ccc(N2CCCCC2)cc1. The molecule has 1 amide bonds. The average Bonchev–Trinajstić information content (AvgIpc) is 2.81. The Morgan fingerprint density at radius 3 is 2.57 bits per heavy atom. The number of nitrogens with zero attached hydrogens (tertiary/aromatic N) is 2. The first kappa shape index (κ1) is 19.9. The maximum absolute atomic E-state index is 12.7. The summed E-state index contributed by atoms with van der Waals surface area (Å²) in [6, 6.07) is 9.19. The molecular weight excluding hydrogens is 380 g/mol. The second-order valence-corrected chi connectivity index (χ2v) is 7.79. The molecule has 1 aromatic heterocycles. The smallest absolute Gasteiger partial charge is 0.271 e. The van der Waals surface area contributed by atoms with E-state index in [-0.39, 0.29) is 17.2 Å². The van der Waals surface area contributed by atoms with E-state index in [4.69, 9.17) is 5.21 Å². The van der Waals surface area contributed by atoms with Crippen LogP contribution in [0.1, 0.15) is 54.4 Å². The molecule has 3 N–H and O–H groups in total. The number of hydrogen-bond acceptors (Lipinski definition) is 5. The number of allylic oxidation sites excluding steroid dienone is 2. The van der Waals surface area contributed by atoms with E-state index in [0.717, 1.165) is 49.2 Å². The molecule has 7 heteroatoms.